The average molecular weight is 419 g/mol. The number of rotatable bonds is 6. The topological polar surface area (TPSA) is 68.3 Å². The van der Waals surface area contributed by atoms with Crippen LogP contribution in [0.15, 0.2) is 40.9 Å². The molecule has 0 aliphatic heterocycles. The fraction of sp³-hybridized carbons (Fsp3) is 0.350. The van der Waals surface area contributed by atoms with Gasteiger partial charge in [-0.2, -0.15) is 0 Å². The van der Waals surface area contributed by atoms with E-state index in [0.29, 0.717) is 17.7 Å². The molecule has 138 valence electrons. The first-order valence-corrected chi connectivity index (χ1v) is 9.24. The predicted octanol–water partition coefficient (Wildman–Crippen LogP) is 4.28. The number of aryl methyl sites for hydroxylation is 1. The number of amides is 1. The average Bonchev–Trinajstić information content (AvgIpc) is 2.60. The van der Waals surface area contributed by atoms with Crippen molar-refractivity contribution in [3.8, 4) is 11.3 Å². The van der Waals surface area contributed by atoms with E-state index in [2.05, 4.69) is 26.2 Å². The highest BCUT2D eigenvalue weighted by atomic mass is 79.9. The van der Waals surface area contributed by atoms with E-state index in [4.69, 9.17) is 4.74 Å². The van der Waals surface area contributed by atoms with Crippen LogP contribution in [0.1, 0.15) is 42.7 Å². The molecule has 6 heteroatoms. The minimum atomic E-state index is -1.06. The van der Waals surface area contributed by atoms with Crippen LogP contribution in [-0.4, -0.2) is 29.5 Å². The molecule has 1 aromatic carbocycles. The van der Waals surface area contributed by atoms with Gasteiger partial charge >= 0.3 is 5.97 Å². The van der Waals surface area contributed by atoms with Gasteiger partial charge in [0.25, 0.3) is 5.91 Å². The molecule has 1 N–H and O–H groups in total. The zero-order valence-corrected chi connectivity index (χ0v) is 17.0. The number of pyridine rings is 1. The van der Waals surface area contributed by atoms with Crippen molar-refractivity contribution >= 4 is 27.8 Å². The second kappa shape index (κ2) is 8.45. The summed E-state index contributed by atoms with van der Waals surface area (Å²) in [7, 11) is 1.32. The highest BCUT2D eigenvalue weighted by Gasteiger charge is 2.35. The molecule has 0 aliphatic rings. The van der Waals surface area contributed by atoms with Crippen LogP contribution in [0.5, 0.6) is 0 Å². The number of methoxy groups -OCH3 is 1. The normalized spacial score (nSPS) is 13.0. The molecule has 0 aliphatic carbocycles. The zero-order valence-electron chi connectivity index (χ0n) is 15.4. The second-order valence-corrected chi connectivity index (χ2v) is 7.28. The molecule has 0 spiro atoms. The van der Waals surface area contributed by atoms with Crippen molar-refractivity contribution in [2.24, 2.45) is 0 Å². The zero-order chi connectivity index (χ0) is 19.3. The lowest BCUT2D eigenvalue weighted by molar-refractivity contribution is -0.147. The van der Waals surface area contributed by atoms with Gasteiger partial charge < -0.3 is 10.1 Å². The molecule has 5 nitrogen and oxygen atoms in total. The summed E-state index contributed by atoms with van der Waals surface area (Å²) in [6.45, 7) is 5.41. The number of ether oxygens (including phenoxy) is 1. The van der Waals surface area contributed by atoms with E-state index in [1.807, 2.05) is 31.2 Å². The van der Waals surface area contributed by atoms with Crippen molar-refractivity contribution in [2.75, 3.05) is 7.11 Å². The number of hydrogen-bond donors (Lipinski definition) is 1. The van der Waals surface area contributed by atoms with Crippen molar-refractivity contribution in [3.05, 3.63) is 52.1 Å². The van der Waals surface area contributed by atoms with Crippen LogP contribution < -0.4 is 5.32 Å². The number of hydrogen-bond acceptors (Lipinski definition) is 4. The third kappa shape index (κ3) is 4.49. The van der Waals surface area contributed by atoms with Gasteiger partial charge in [0.15, 0.2) is 0 Å². The van der Waals surface area contributed by atoms with Gasteiger partial charge in [-0.3, -0.25) is 9.78 Å². The van der Waals surface area contributed by atoms with Crippen LogP contribution in [0.25, 0.3) is 11.3 Å². The molecule has 0 fully saturated rings. The van der Waals surface area contributed by atoms with Gasteiger partial charge in [-0.15, -0.1) is 0 Å². The number of esters is 1. The Bertz CT molecular complexity index is 822. The number of carbonyl (C=O) groups is 2. The van der Waals surface area contributed by atoms with Gasteiger partial charge in [0.2, 0.25) is 0 Å². The molecular weight excluding hydrogens is 396 g/mol. The van der Waals surface area contributed by atoms with Gasteiger partial charge in [0.1, 0.15) is 5.54 Å². The Kier molecular flexibility index (Phi) is 6.53. The quantitative estimate of drug-likeness (QED) is 0.710. The van der Waals surface area contributed by atoms with Crippen LogP contribution in [0, 0.1) is 6.92 Å². The van der Waals surface area contributed by atoms with Crippen molar-refractivity contribution in [1.82, 2.24) is 10.3 Å². The highest BCUT2D eigenvalue weighted by molar-refractivity contribution is 9.10. The summed E-state index contributed by atoms with van der Waals surface area (Å²) in [5.41, 5.74) is 1.72. The lowest BCUT2D eigenvalue weighted by Gasteiger charge is -2.27. The Labute approximate surface area is 162 Å². The Balaban J connectivity index is 2.28. The van der Waals surface area contributed by atoms with Gasteiger partial charge in [0.05, 0.1) is 24.1 Å². The van der Waals surface area contributed by atoms with E-state index in [1.165, 1.54) is 7.11 Å². The largest absolute Gasteiger partial charge is 0.467 e. The predicted molar refractivity (Wildman–Crippen MR) is 105 cm³/mol. The Hall–Kier alpha value is -2.21. The number of carbonyl (C=O) groups excluding carboxylic acids is 2. The van der Waals surface area contributed by atoms with Crippen molar-refractivity contribution in [2.45, 2.75) is 39.2 Å². The first-order valence-electron chi connectivity index (χ1n) is 8.45. The monoisotopic (exact) mass is 418 g/mol. The summed E-state index contributed by atoms with van der Waals surface area (Å²) in [5.74, 6) is -0.791. The molecule has 1 aromatic heterocycles. The number of aromatic nitrogens is 1. The third-order valence-electron chi connectivity index (χ3n) is 4.23. The first-order chi connectivity index (χ1) is 12.3. The summed E-state index contributed by atoms with van der Waals surface area (Å²) in [5, 5.41) is 2.81. The molecule has 0 bridgehead atoms. The van der Waals surface area contributed by atoms with E-state index >= 15 is 0 Å². The van der Waals surface area contributed by atoms with Gasteiger partial charge in [-0.05, 0) is 44.5 Å². The lowest BCUT2D eigenvalue weighted by Crippen LogP contribution is -2.52. The maximum atomic E-state index is 12.7. The molecule has 2 aromatic rings. The van der Waals surface area contributed by atoms with Gasteiger partial charge in [0, 0.05) is 10.0 Å². The standard InChI is InChI=1S/C20H23BrN2O3/c1-5-11-20(3,19(25)26-4)23-18(24)16-9-10-17(22-13(16)2)14-7-6-8-15(21)12-14/h6-10,12H,5,11H2,1-4H3,(H,23,24). The van der Waals surface area contributed by atoms with Gasteiger partial charge in [-0.25, -0.2) is 4.79 Å². The van der Waals surface area contributed by atoms with Crippen molar-refractivity contribution < 1.29 is 14.3 Å². The molecular formula is C20H23BrN2O3. The number of nitrogens with one attached hydrogen (secondary N) is 1. The van der Waals surface area contributed by atoms with Crippen molar-refractivity contribution in [3.63, 3.8) is 0 Å². The van der Waals surface area contributed by atoms with E-state index in [1.54, 1.807) is 26.0 Å². The Morgan fingerprint density at radius 3 is 2.58 bits per heavy atom. The molecule has 0 saturated heterocycles. The molecule has 0 saturated carbocycles. The summed E-state index contributed by atoms with van der Waals surface area (Å²) in [6.07, 6.45) is 1.24. The minimum Gasteiger partial charge on any atom is -0.467 e. The summed E-state index contributed by atoms with van der Waals surface area (Å²) >= 11 is 3.45. The van der Waals surface area contributed by atoms with E-state index in [0.717, 1.165) is 22.2 Å². The second-order valence-electron chi connectivity index (χ2n) is 6.37. The number of benzene rings is 1. The summed E-state index contributed by atoms with van der Waals surface area (Å²) < 4.78 is 5.81. The summed E-state index contributed by atoms with van der Waals surface area (Å²) in [4.78, 5) is 29.4. The summed E-state index contributed by atoms with van der Waals surface area (Å²) in [6, 6.07) is 11.3. The van der Waals surface area contributed by atoms with Crippen LogP contribution in [0.3, 0.4) is 0 Å². The molecule has 1 amide bonds. The van der Waals surface area contributed by atoms with Crippen LogP contribution in [-0.2, 0) is 9.53 Å². The Morgan fingerprint density at radius 2 is 2.00 bits per heavy atom. The van der Waals surface area contributed by atoms with E-state index < -0.39 is 11.5 Å². The maximum Gasteiger partial charge on any atom is 0.331 e. The minimum absolute atomic E-state index is 0.336. The SMILES string of the molecule is CCCC(C)(NC(=O)c1ccc(-c2cccc(Br)c2)nc1C)C(=O)OC. The fourth-order valence-corrected chi connectivity index (χ4v) is 3.27. The first kappa shape index (κ1) is 20.1. The molecule has 0 radical (unpaired) electrons. The molecule has 1 atom stereocenters. The van der Waals surface area contributed by atoms with Crippen LogP contribution in [0.2, 0.25) is 0 Å². The smallest absolute Gasteiger partial charge is 0.331 e. The van der Waals surface area contributed by atoms with E-state index in [-0.39, 0.29) is 5.91 Å². The van der Waals surface area contributed by atoms with Crippen LogP contribution >= 0.6 is 15.9 Å². The lowest BCUT2D eigenvalue weighted by atomic mass is 9.95. The fourth-order valence-electron chi connectivity index (χ4n) is 2.87. The molecule has 2 rings (SSSR count). The Morgan fingerprint density at radius 1 is 1.27 bits per heavy atom. The number of nitrogens with zero attached hydrogens (tertiary/aromatic N) is 1. The molecule has 1 unspecified atom stereocenters. The molecule has 1 heterocycles. The number of halogens is 1. The van der Waals surface area contributed by atoms with Crippen LogP contribution in [0.4, 0.5) is 0 Å². The van der Waals surface area contributed by atoms with E-state index in [9.17, 15) is 9.59 Å². The molecule has 26 heavy (non-hydrogen) atoms. The van der Waals surface area contributed by atoms with Crippen molar-refractivity contribution in [1.29, 1.82) is 0 Å². The maximum absolute atomic E-state index is 12.7. The highest BCUT2D eigenvalue weighted by Crippen LogP contribution is 2.23. The van der Waals surface area contributed by atoms with Gasteiger partial charge in [-0.1, -0.05) is 41.4 Å². The third-order valence-corrected chi connectivity index (χ3v) is 4.72.